The molecule has 9 rings (SSSR count). The largest absolute Gasteiger partial charge is 0.456 e. The monoisotopic (exact) mass is 592 g/mol. The standard InChI is InChI=1S/C44H34O/c1-3-15-29(16-4-1)31-19-7-8-20-33(31)41-34-21-9-11-23-36(34)42(37-24-12-10-22-35(37)41)39-28-27-32(30-17-5-2-6-18-30)44-43(39)38-25-13-14-26-40(38)45-44/h1-7,9-19,21-26,34,36H,8,20,27-28H2/i1D,2D,3D,4D,5D,6D,7D,8D,15D,16D,17D,18D,19D,20D. The van der Waals surface area contributed by atoms with Crippen LogP contribution in [0.1, 0.15) is 56.0 Å². The number of hydrogen-bond donors (Lipinski definition) is 0. The molecule has 0 radical (unpaired) electrons. The average Bonchev–Trinajstić information content (AvgIpc) is 3.64. The third-order valence-corrected chi connectivity index (χ3v) is 9.07. The van der Waals surface area contributed by atoms with Crippen molar-refractivity contribution in [3.63, 3.8) is 0 Å². The highest BCUT2D eigenvalue weighted by atomic mass is 16.3. The normalized spacial score (nSPS) is 28.5. The molecule has 1 aromatic heterocycles. The summed E-state index contributed by atoms with van der Waals surface area (Å²) in [5.41, 5.74) is 3.70. The zero-order valence-electron chi connectivity index (χ0n) is 38.1. The molecule has 0 spiro atoms. The molecule has 0 amide bonds. The zero-order chi connectivity index (χ0) is 41.9. The van der Waals surface area contributed by atoms with E-state index < -0.39 is 85.1 Å². The number of benzene rings is 4. The lowest BCUT2D eigenvalue weighted by atomic mass is 9.67. The van der Waals surface area contributed by atoms with Gasteiger partial charge in [0.2, 0.25) is 0 Å². The summed E-state index contributed by atoms with van der Waals surface area (Å²) in [4.78, 5) is 0. The molecule has 1 heteroatoms. The van der Waals surface area contributed by atoms with Crippen molar-refractivity contribution in [1.82, 2.24) is 0 Å². The van der Waals surface area contributed by atoms with Gasteiger partial charge >= 0.3 is 0 Å². The Morgan fingerprint density at radius 3 is 2.02 bits per heavy atom. The Kier molecular flexibility index (Phi) is 3.77. The molecule has 4 aliphatic carbocycles. The number of rotatable bonds is 4. The fourth-order valence-electron chi connectivity index (χ4n) is 7.30. The number of furan rings is 1. The van der Waals surface area contributed by atoms with Gasteiger partial charge in [-0.15, -0.1) is 0 Å². The van der Waals surface area contributed by atoms with Gasteiger partial charge in [-0.3, -0.25) is 0 Å². The minimum absolute atomic E-state index is 0.0854. The highest BCUT2D eigenvalue weighted by molar-refractivity contribution is 6.00. The summed E-state index contributed by atoms with van der Waals surface area (Å²) in [5.74, 6) is -0.940. The van der Waals surface area contributed by atoms with E-state index in [0.717, 1.165) is 27.0 Å². The van der Waals surface area contributed by atoms with Gasteiger partial charge in [-0.25, -0.2) is 0 Å². The van der Waals surface area contributed by atoms with Crippen LogP contribution in [0.5, 0.6) is 0 Å². The van der Waals surface area contributed by atoms with Crippen LogP contribution in [-0.4, -0.2) is 0 Å². The van der Waals surface area contributed by atoms with Gasteiger partial charge in [0.05, 0.1) is 16.4 Å². The Balaban J connectivity index is 1.48. The van der Waals surface area contributed by atoms with Gasteiger partial charge in [-0.05, 0) is 81.1 Å². The molecule has 5 aromatic rings. The molecule has 0 N–H and O–H groups in total. The van der Waals surface area contributed by atoms with Gasteiger partial charge in [-0.2, -0.15) is 0 Å². The minimum atomic E-state index is -1.49. The molecule has 0 saturated heterocycles. The maximum Gasteiger partial charge on any atom is 0.139 e. The first-order chi connectivity index (χ1) is 28.2. The SMILES string of the molecule is [2H]C1=C([2H])C([2H])C([2H])C(C2=c3ccccc3=C(C3=c4c(oc5ccccc45)=C(c4c([2H])c([2H])c([2H])c([2H])c4[2H])CC3)C3C=CC=CC23)=C1c1c([2H])c([2H])c([2H])c([2H])c1[2H]. The van der Waals surface area contributed by atoms with E-state index in [1.165, 1.54) is 0 Å². The van der Waals surface area contributed by atoms with E-state index in [0.29, 0.717) is 33.8 Å². The molecule has 0 saturated carbocycles. The van der Waals surface area contributed by atoms with Gasteiger partial charge in [0, 0.05) is 30.8 Å². The zero-order valence-corrected chi connectivity index (χ0v) is 24.1. The van der Waals surface area contributed by atoms with Crippen LogP contribution in [0.3, 0.4) is 0 Å². The molecule has 4 unspecified atom stereocenters. The van der Waals surface area contributed by atoms with Crippen molar-refractivity contribution in [2.24, 2.45) is 11.8 Å². The second-order valence-electron chi connectivity index (χ2n) is 11.3. The second kappa shape index (κ2) is 10.8. The van der Waals surface area contributed by atoms with Crippen molar-refractivity contribution >= 4 is 38.8 Å². The van der Waals surface area contributed by atoms with E-state index in [-0.39, 0.29) is 40.8 Å². The number of para-hydroxylation sites is 1. The van der Waals surface area contributed by atoms with E-state index in [4.69, 9.17) is 20.9 Å². The van der Waals surface area contributed by atoms with E-state index >= 15 is 0 Å². The second-order valence-corrected chi connectivity index (χ2v) is 11.3. The summed E-state index contributed by atoms with van der Waals surface area (Å²) in [5, 5.41) is 2.95. The van der Waals surface area contributed by atoms with Crippen LogP contribution in [0.25, 0.3) is 38.8 Å². The highest BCUT2D eigenvalue weighted by Crippen LogP contribution is 2.45. The first-order valence-electron chi connectivity index (χ1n) is 22.2. The quantitative estimate of drug-likeness (QED) is 0.208. The van der Waals surface area contributed by atoms with Crippen LogP contribution in [0.2, 0.25) is 0 Å². The molecule has 1 nitrogen and oxygen atoms in total. The van der Waals surface area contributed by atoms with Crippen molar-refractivity contribution in [2.75, 3.05) is 0 Å². The van der Waals surface area contributed by atoms with Crippen LogP contribution >= 0.6 is 0 Å². The van der Waals surface area contributed by atoms with Crippen molar-refractivity contribution in [2.45, 2.75) is 25.6 Å². The first-order valence-corrected chi connectivity index (χ1v) is 15.0. The van der Waals surface area contributed by atoms with Gasteiger partial charge in [0.25, 0.3) is 0 Å². The molecule has 0 fully saturated rings. The predicted molar refractivity (Wildman–Crippen MR) is 187 cm³/mol. The average molecular weight is 593 g/mol. The Bertz CT molecular complexity index is 3070. The molecule has 216 valence electrons. The lowest BCUT2D eigenvalue weighted by Gasteiger charge is -2.36. The summed E-state index contributed by atoms with van der Waals surface area (Å²) in [7, 11) is 0. The Hall–Kier alpha value is -5.14. The molecule has 4 atom stereocenters. The first kappa shape index (κ1) is 15.7. The molecule has 4 aromatic carbocycles. The predicted octanol–water partition coefficient (Wildman–Crippen LogP) is 7.75. The Labute approximate surface area is 283 Å². The number of fused-ring (bicyclic) bond motifs is 5. The highest BCUT2D eigenvalue weighted by Gasteiger charge is 2.35. The third-order valence-electron chi connectivity index (χ3n) is 9.07. The summed E-state index contributed by atoms with van der Waals surface area (Å²) < 4.78 is 129. The summed E-state index contributed by atoms with van der Waals surface area (Å²) >= 11 is 0. The van der Waals surface area contributed by atoms with Crippen LogP contribution in [0.15, 0.2) is 155 Å². The fourth-order valence-corrected chi connectivity index (χ4v) is 7.30. The van der Waals surface area contributed by atoms with E-state index in [1.54, 1.807) is 0 Å². The molecule has 4 aliphatic rings. The summed E-state index contributed by atoms with van der Waals surface area (Å²) in [6, 6.07) is 9.16. The molecular weight excluding hydrogens is 544 g/mol. The molecule has 1 heterocycles. The van der Waals surface area contributed by atoms with Gasteiger partial charge in [-0.1, -0.05) is 139 Å². The molecular formula is C44H34O. The minimum Gasteiger partial charge on any atom is -0.456 e. The fraction of sp³-hybridized carbons (Fsp3) is 0.136. The topological polar surface area (TPSA) is 13.1 Å². The van der Waals surface area contributed by atoms with Crippen LogP contribution in [0, 0.1) is 11.8 Å². The van der Waals surface area contributed by atoms with E-state index in [2.05, 4.69) is 0 Å². The lowest BCUT2D eigenvalue weighted by Crippen LogP contribution is -2.42. The Morgan fingerprint density at radius 1 is 0.667 bits per heavy atom. The van der Waals surface area contributed by atoms with Crippen LogP contribution < -0.4 is 21.1 Å². The van der Waals surface area contributed by atoms with E-state index in [1.807, 2.05) is 72.8 Å². The van der Waals surface area contributed by atoms with Gasteiger partial charge in [0.1, 0.15) is 11.0 Å². The van der Waals surface area contributed by atoms with Crippen molar-refractivity contribution in [1.29, 1.82) is 0 Å². The lowest BCUT2D eigenvalue weighted by molar-refractivity contribution is 0.567. The maximum absolute atomic E-state index is 9.51. The van der Waals surface area contributed by atoms with Crippen molar-refractivity contribution in [3.05, 3.63) is 183 Å². The van der Waals surface area contributed by atoms with Gasteiger partial charge in [0.15, 0.2) is 0 Å². The number of hydrogen-bond acceptors (Lipinski definition) is 1. The van der Waals surface area contributed by atoms with Crippen molar-refractivity contribution in [3.8, 4) is 0 Å². The van der Waals surface area contributed by atoms with Crippen molar-refractivity contribution < 1.29 is 23.6 Å². The Morgan fingerprint density at radius 2 is 1.29 bits per heavy atom. The maximum atomic E-state index is 9.51. The third kappa shape index (κ3) is 4.22. The summed E-state index contributed by atoms with van der Waals surface area (Å²) in [6.07, 6.45) is 5.56. The molecule has 45 heavy (non-hydrogen) atoms. The van der Waals surface area contributed by atoms with Crippen LogP contribution in [0.4, 0.5) is 0 Å². The molecule has 0 bridgehead atoms. The van der Waals surface area contributed by atoms with Crippen LogP contribution in [-0.2, 0) is 0 Å². The smallest absolute Gasteiger partial charge is 0.139 e. The molecule has 0 aliphatic heterocycles. The summed E-state index contributed by atoms with van der Waals surface area (Å²) in [6.45, 7) is 0. The van der Waals surface area contributed by atoms with Gasteiger partial charge < -0.3 is 4.42 Å². The number of allylic oxidation sites excluding steroid dienone is 8. The van der Waals surface area contributed by atoms with E-state index in [9.17, 15) is 2.74 Å².